The van der Waals surface area contributed by atoms with E-state index in [9.17, 15) is 14.7 Å². The summed E-state index contributed by atoms with van der Waals surface area (Å²) >= 11 is 0. The lowest BCUT2D eigenvalue weighted by Gasteiger charge is -2.16. The van der Waals surface area contributed by atoms with E-state index in [0.717, 1.165) is 36.8 Å². The van der Waals surface area contributed by atoms with Gasteiger partial charge in [-0.15, -0.1) is 0 Å². The fourth-order valence-electron chi connectivity index (χ4n) is 3.68. The summed E-state index contributed by atoms with van der Waals surface area (Å²) in [6.07, 6.45) is 3.19. The molecule has 0 radical (unpaired) electrons. The van der Waals surface area contributed by atoms with E-state index in [0.29, 0.717) is 32.9 Å². The van der Waals surface area contributed by atoms with Gasteiger partial charge >= 0.3 is 0 Å². The molecule has 25 heavy (non-hydrogen) atoms. The third-order valence-corrected chi connectivity index (χ3v) is 4.99. The first-order chi connectivity index (χ1) is 11.9. The first-order valence-corrected chi connectivity index (χ1v) is 8.83. The number of phenols is 1. The fourth-order valence-corrected chi connectivity index (χ4v) is 3.68. The predicted molar refractivity (Wildman–Crippen MR) is 102 cm³/mol. The van der Waals surface area contributed by atoms with Gasteiger partial charge in [0.15, 0.2) is 0 Å². The summed E-state index contributed by atoms with van der Waals surface area (Å²) in [5.74, 6) is 0.151. The molecule has 0 unspecified atom stereocenters. The van der Waals surface area contributed by atoms with Crippen LogP contribution in [0.25, 0.3) is 21.8 Å². The number of phenolic OH excluding ortho intramolecular Hbond substituents is 1. The molecule has 0 aliphatic carbocycles. The molecule has 5 heteroatoms. The Morgan fingerprint density at radius 2 is 1.24 bits per heavy atom. The van der Waals surface area contributed by atoms with Gasteiger partial charge in [-0.3, -0.25) is 9.59 Å². The summed E-state index contributed by atoms with van der Waals surface area (Å²) in [7, 11) is 0. The van der Waals surface area contributed by atoms with E-state index >= 15 is 0 Å². The molecule has 0 saturated heterocycles. The zero-order valence-corrected chi connectivity index (χ0v) is 15.2. The largest absolute Gasteiger partial charge is 0.507 e. The number of nitrogens with one attached hydrogen (secondary N) is 2. The molecule has 3 N–H and O–H groups in total. The Hall–Kier alpha value is -2.56. The van der Waals surface area contributed by atoms with Crippen molar-refractivity contribution in [2.45, 2.75) is 53.4 Å². The molecule has 0 atom stereocenters. The highest BCUT2D eigenvalue weighted by molar-refractivity contribution is 6.05. The number of aromatic nitrogens is 2. The molecule has 0 amide bonds. The van der Waals surface area contributed by atoms with Gasteiger partial charge in [-0.25, -0.2) is 0 Å². The van der Waals surface area contributed by atoms with Crippen LogP contribution in [0.5, 0.6) is 5.75 Å². The van der Waals surface area contributed by atoms with E-state index in [1.54, 1.807) is 19.9 Å². The van der Waals surface area contributed by atoms with Gasteiger partial charge in [-0.2, -0.15) is 0 Å². The van der Waals surface area contributed by atoms with Gasteiger partial charge in [0.2, 0.25) is 0 Å². The second kappa shape index (κ2) is 6.39. The Morgan fingerprint density at radius 3 is 1.60 bits per heavy atom. The van der Waals surface area contributed by atoms with Crippen LogP contribution in [0.3, 0.4) is 0 Å². The number of hydrogen-bond acceptors (Lipinski definition) is 3. The minimum atomic E-state index is -0.155. The molecule has 132 valence electrons. The molecule has 2 heterocycles. The minimum absolute atomic E-state index is 0.151. The van der Waals surface area contributed by atoms with Crippen molar-refractivity contribution in [2.75, 3.05) is 0 Å². The quantitative estimate of drug-likeness (QED) is 0.634. The molecule has 0 saturated carbocycles. The van der Waals surface area contributed by atoms with Crippen molar-refractivity contribution in [3.05, 3.63) is 49.0 Å². The Morgan fingerprint density at radius 1 is 0.840 bits per heavy atom. The monoisotopic (exact) mass is 340 g/mol. The molecule has 0 fully saturated rings. The standard InChI is InChI=1S/C20H24N2O3/c1-5-7-12-10(3)19(24)21-14-9-15-17(18(23)16(12)14)13(8-6-2)11(4)20(25)22-15/h9,23H,5-8H2,1-4H3,(H,21,24)(H,22,25). The summed E-state index contributed by atoms with van der Waals surface area (Å²) < 4.78 is 0. The highest BCUT2D eigenvalue weighted by Gasteiger charge is 2.19. The van der Waals surface area contributed by atoms with Crippen molar-refractivity contribution in [1.82, 2.24) is 9.97 Å². The highest BCUT2D eigenvalue weighted by Crippen LogP contribution is 2.37. The third kappa shape index (κ3) is 2.64. The number of H-pyrrole nitrogens is 2. The molecule has 0 spiro atoms. The van der Waals surface area contributed by atoms with Crippen molar-refractivity contribution >= 4 is 21.8 Å². The number of aromatic amines is 2. The summed E-state index contributed by atoms with van der Waals surface area (Å²) in [4.78, 5) is 30.2. The lowest BCUT2D eigenvalue weighted by molar-refractivity contribution is 0.486. The molecule has 0 aliphatic rings. The SMILES string of the molecule is CCCc1c(C)c(=O)[nH]c2cc3[nH]c(=O)c(C)c(CCC)c3c(O)c12. The van der Waals surface area contributed by atoms with E-state index in [4.69, 9.17) is 0 Å². The number of fused-ring (bicyclic) bond motifs is 2. The van der Waals surface area contributed by atoms with Crippen LogP contribution in [0, 0.1) is 13.8 Å². The lowest BCUT2D eigenvalue weighted by Crippen LogP contribution is -2.15. The molecular formula is C20H24N2O3. The zero-order valence-electron chi connectivity index (χ0n) is 15.2. The van der Waals surface area contributed by atoms with Gasteiger partial charge in [0.25, 0.3) is 11.1 Å². The molecule has 3 aromatic rings. The molecule has 1 aromatic carbocycles. The summed E-state index contributed by atoms with van der Waals surface area (Å²) in [6, 6.07) is 1.77. The van der Waals surface area contributed by atoms with Crippen molar-refractivity contribution in [1.29, 1.82) is 0 Å². The molecule has 2 aromatic heterocycles. The Bertz CT molecular complexity index is 1010. The van der Waals surface area contributed by atoms with Crippen molar-refractivity contribution in [2.24, 2.45) is 0 Å². The van der Waals surface area contributed by atoms with Gasteiger partial charge in [0.1, 0.15) is 5.75 Å². The van der Waals surface area contributed by atoms with E-state index < -0.39 is 0 Å². The van der Waals surface area contributed by atoms with E-state index in [1.807, 2.05) is 0 Å². The molecule has 0 aliphatic heterocycles. The number of aromatic hydroxyl groups is 1. The molecule has 5 nitrogen and oxygen atoms in total. The third-order valence-electron chi connectivity index (χ3n) is 4.99. The second-order valence-corrected chi connectivity index (χ2v) is 6.69. The van der Waals surface area contributed by atoms with Crippen molar-refractivity contribution in [3.63, 3.8) is 0 Å². The van der Waals surface area contributed by atoms with Gasteiger partial charge in [0.05, 0.1) is 11.0 Å². The van der Waals surface area contributed by atoms with E-state index in [2.05, 4.69) is 23.8 Å². The van der Waals surface area contributed by atoms with Gasteiger partial charge in [0, 0.05) is 21.9 Å². The maximum Gasteiger partial charge on any atom is 0.251 e. The fraction of sp³-hybridized carbons (Fsp3) is 0.400. The zero-order chi connectivity index (χ0) is 18.3. The van der Waals surface area contributed by atoms with Crippen LogP contribution in [0.4, 0.5) is 0 Å². The van der Waals surface area contributed by atoms with Crippen LogP contribution in [-0.4, -0.2) is 15.1 Å². The van der Waals surface area contributed by atoms with Crippen LogP contribution in [0.1, 0.15) is 48.9 Å². The maximum absolute atomic E-state index is 12.3. The number of hydrogen-bond donors (Lipinski definition) is 3. The van der Waals surface area contributed by atoms with Crippen LogP contribution in [0.2, 0.25) is 0 Å². The van der Waals surface area contributed by atoms with Crippen LogP contribution in [-0.2, 0) is 12.8 Å². The first-order valence-electron chi connectivity index (χ1n) is 8.83. The number of benzene rings is 1. The van der Waals surface area contributed by atoms with Crippen LogP contribution in [0.15, 0.2) is 15.7 Å². The molecular weight excluding hydrogens is 316 g/mol. The van der Waals surface area contributed by atoms with Gasteiger partial charge in [-0.05, 0) is 43.9 Å². The minimum Gasteiger partial charge on any atom is -0.507 e. The van der Waals surface area contributed by atoms with Crippen LogP contribution < -0.4 is 11.1 Å². The van der Waals surface area contributed by atoms with Gasteiger partial charge in [-0.1, -0.05) is 26.7 Å². The Kier molecular flexibility index (Phi) is 4.41. The summed E-state index contributed by atoms with van der Waals surface area (Å²) in [5.41, 5.74) is 3.86. The Balaban J connectivity index is 2.59. The average Bonchev–Trinajstić information content (AvgIpc) is 2.56. The number of rotatable bonds is 4. The first kappa shape index (κ1) is 17.3. The number of aryl methyl sites for hydroxylation is 2. The van der Waals surface area contributed by atoms with Crippen molar-refractivity contribution in [3.8, 4) is 5.75 Å². The second-order valence-electron chi connectivity index (χ2n) is 6.69. The maximum atomic E-state index is 12.3. The van der Waals surface area contributed by atoms with E-state index in [-0.39, 0.29) is 16.9 Å². The summed E-state index contributed by atoms with van der Waals surface area (Å²) in [5, 5.41) is 12.5. The number of pyridine rings is 2. The average molecular weight is 340 g/mol. The summed E-state index contributed by atoms with van der Waals surface area (Å²) in [6.45, 7) is 7.68. The molecule has 3 rings (SSSR count). The van der Waals surface area contributed by atoms with Gasteiger partial charge < -0.3 is 15.1 Å². The van der Waals surface area contributed by atoms with Crippen LogP contribution >= 0.6 is 0 Å². The predicted octanol–water partition coefficient (Wildman–Crippen LogP) is 3.60. The topological polar surface area (TPSA) is 86.0 Å². The molecule has 0 bridgehead atoms. The van der Waals surface area contributed by atoms with E-state index in [1.165, 1.54) is 0 Å². The highest BCUT2D eigenvalue weighted by atomic mass is 16.3. The van der Waals surface area contributed by atoms with Crippen molar-refractivity contribution < 1.29 is 5.11 Å². The normalized spacial score (nSPS) is 11.5. The lowest BCUT2D eigenvalue weighted by atomic mass is 9.93. The smallest absolute Gasteiger partial charge is 0.251 e. The Labute approximate surface area is 145 Å².